The summed E-state index contributed by atoms with van der Waals surface area (Å²) in [7, 11) is 0. The van der Waals surface area contributed by atoms with Crippen LogP contribution >= 0.6 is 11.8 Å². The summed E-state index contributed by atoms with van der Waals surface area (Å²) in [5, 5.41) is 7.35. The van der Waals surface area contributed by atoms with Crippen molar-refractivity contribution in [1.82, 2.24) is 0 Å². The van der Waals surface area contributed by atoms with E-state index >= 15 is 0 Å². The number of benzene rings is 2. The van der Waals surface area contributed by atoms with Crippen molar-refractivity contribution < 1.29 is 8.78 Å². The van der Waals surface area contributed by atoms with Gasteiger partial charge in [0.2, 0.25) is 0 Å². The van der Waals surface area contributed by atoms with Crippen LogP contribution in [0.3, 0.4) is 0 Å². The molecule has 104 valence electrons. The predicted molar refractivity (Wildman–Crippen MR) is 77.9 cm³/mol. The van der Waals surface area contributed by atoms with E-state index in [0.29, 0.717) is 11.3 Å². The molecule has 3 N–H and O–H groups in total. The van der Waals surface area contributed by atoms with Gasteiger partial charge in [0, 0.05) is 16.6 Å². The van der Waals surface area contributed by atoms with Gasteiger partial charge in [0.05, 0.1) is 5.84 Å². The molecular weight excluding hydrogens is 278 g/mol. The van der Waals surface area contributed by atoms with Crippen molar-refractivity contribution in [2.75, 3.05) is 0 Å². The number of thioether (sulfide) groups is 1. The van der Waals surface area contributed by atoms with Crippen molar-refractivity contribution in [3.8, 4) is 0 Å². The molecule has 5 heteroatoms. The lowest BCUT2D eigenvalue weighted by molar-refractivity contribution is 0.506. The molecule has 0 amide bonds. The van der Waals surface area contributed by atoms with Crippen LogP contribution in [0.15, 0.2) is 53.4 Å². The van der Waals surface area contributed by atoms with Crippen LogP contribution in [0.1, 0.15) is 17.2 Å². The molecule has 0 saturated carbocycles. The lowest BCUT2D eigenvalue weighted by Crippen LogP contribution is -2.13. The molecule has 0 fully saturated rings. The van der Waals surface area contributed by atoms with E-state index in [4.69, 9.17) is 11.1 Å². The van der Waals surface area contributed by atoms with E-state index in [0.717, 1.165) is 17.7 Å². The lowest BCUT2D eigenvalue weighted by atomic mass is 10.1. The Morgan fingerprint density at radius 3 is 2.40 bits per heavy atom. The highest BCUT2D eigenvalue weighted by molar-refractivity contribution is 7.99. The van der Waals surface area contributed by atoms with Crippen molar-refractivity contribution >= 4 is 17.6 Å². The smallest absolute Gasteiger partial charge is 0.159 e. The lowest BCUT2D eigenvalue weighted by Gasteiger charge is -2.16. The molecule has 0 spiro atoms. The Labute approximate surface area is 120 Å². The summed E-state index contributed by atoms with van der Waals surface area (Å²) in [6.07, 6.45) is 0.355. The molecule has 0 aliphatic carbocycles. The number of nitrogens with two attached hydrogens (primary N) is 1. The molecule has 0 bridgehead atoms. The zero-order valence-electron chi connectivity index (χ0n) is 10.6. The van der Waals surface area contributed by atoms with E-state index in [1.54, 1.807) is 0 Å². The quantitative estimate of drug-likeness (QED) is 0.494. The highest BCUT2D eigenvalue weighted by atomic mass is 32.2. The van der Waals surface area contributed by atoms with E-state index < -0.39 is 11.6 Å². The Kier molecular flexibility index (Phi) is 4.74. The fourth-order valence-electron chi connectivity index (χ4n) is 1.81. The molecule has 20 heavy (non-hydrogen) atoms. The van der Waals surface area contributed by atoms with Gasteiger partial charge in [0.1, 0.15) is 0 Å². The average molecular weight is 292 g/mol. The molecular formula is C15H14F2N2S. The summed E-state index contributed by atoms with van der Waals surface area (Å²) < 4.78 is 26.2. The molecule has 0 radical (unpaired) electrons. The Morgan fingerprint density at radius 2 is 1.80 bits per heavy atom. The van der Waals surface area contributed by atoms with Crippen molar-refractivity contribution in [2.45, 2.75) is 16.6 Å². The van der Waals surface area contributed by atoms with E-state index in [2.05, 4.69) is 0 Å². The van der Waals surface area contributed by atoms with Crippen LogP contribution in [0.25, 0.3) is 0 Å². The Balaban J connectivity index is 2.23. The molecule has 1 unspecified atom stereocenters. The summed E-state index contributed by atoms with van der Waals surface area (Å²) in [4.78, 5) is 0.610. The van der Waals surface area contributed by atoms with Gasteiger partial charge in [-0.05, 0) is 23.8 Å². The highest BCUT2D eigenvalue weighted by Gasteiger charge is 2.15. The van der Waals surface area contributed by atoms with E-state index in [9.17, 15) is 8.78 Å². The van der Waals surface area contributed by atoms with E-state index in [1.807, 2.05) is 30.3 Å². The minimum absolute atomic E-state index is 0.0638. The van der Waals surface area contributed by atoms with Crippen LogP contribution in [0.4, 0.5) is 8.78 Å². The molecule has 1 atom stereocenters. The fourth-order valence-corrected chi connectivity index (χ4v) is 3.01. The third-order valence-corrected chi connectivity index (χ3v) is 4.00. The van der Waals surface area contributed by atoms with Crippen LogP contribution in [0, 0.1) is 17.0 Å². The molecule has 0 heterocycles. The SMILES string of the molecule is N=C(N)CC(Sc1ccc(F)c(F)c1)c1ccccc1. The van der Waals surface area contributed by atoms with Gasteiger partial charge in [-0.3, -0.25) is 5.41 Å². The second-order valence-electron chi connectivity index (χ2n) is 4.32. The second-order valence-corrected chi connectivity index (χ2v) is 5.60. The summed E-state index contributed by atoms with van der Waals surface area (Å²) in [5.74, 6) is -1.67. The summed E-state index contributed by atoms with van der Waals surface area (Å²) in [5.41, 5.74) is 6.47. The molecule has 0 saturated heterocycles. The highest BCUT2D eigenvalue weighted by Crippen LogP contribution is 2.37. The first kappa shape index (κ1) is 14.5. The van der Waals surface area contributed by atoms with Crippen molar-refractivity contribution in [2.24, 2.45) is 5.73 Å². The standard InChI is InChI=1S/C15H14F2N2S/c16-12-7-6-11(8-13(12)17)20-14(9-15(18)19)10-4-2-1-3-5-10/h1-8,14H,9H2,(H3,18,19). The molecule has 0 aromatic heterocycles. The normalized spacial score (nSPS) is 12.1. The average Bonchev–Trinajstić information content (AvgIpc) is 2.43. The number of hydrogen-bond donors (Lipinski definition) is 2. The van der Waals surface area contributed by atoms with Gasteiger partial charge in [-0.1, -0.05) is 30.3 Å². The predicted octanol–water partition coefficient (Wildman–Crippen LogP) is 4.12. The largest absolute Gasteiger partial charge is 0.388 e. The van der Waals surface area contributed by atoms with Gasteiger partial charge in [-0.15, -0.1) is 11.8 Å². The van der Waals surface area contributed by atoms with Crippen LogP contribution in [-0.2, 0) is 0 Å². The topological polar surface area (TPSA) is 49.9 Å². The number of amidine groups is 1. The van der Waals surface area contributed by atoms with Gasteiger partial charge < -0.3 is 5.73 Å². The van der Waals surface area contributed by atoms with Crippen LogP contribution < -0.4 is 5.73 Å². The minimum atomic E-state index is -0.871. The maximum Gasteiger partial charge on any atom is 0.159 e. The zero-order valence-corrected chi connectivity index (χ0v) is 11.5. The minimum Gasteiger partial charge on any atom is -0.388 e. The van der Waals surface area contributed by atoms with E-state index in [1.165, 1.54) is 17.8 Å². The second kappa shape index (κ2) is 6.52. The van der Waals surface area contributed by atoms with Gasteiger partial charge in [0.25, 0.3) is 0 Å². The van der Waals surface area contributed by atoms with Crippen LogP contribution in [-0.4, -0.2) is 5.84 Å². The number of halogens is 2. The van der Waals surface area contributed by atoms with E-state index in [-0.39, 0.29) is 11.1 Å². The van der Waals surface area contributed by atoms with Gasteiger partial charge in [0.15, 0.2) is 11.6 Å². The molecule has 2 rings (SSSR count). The maximum atomic E-state index is 13.2. The molecule has 0 aliphatic rings. The monoisotopic (exact) mass is 292 g/mol. The molecule has 0 aliphatic heterocycles. The van der Waals surface area contributed by atoms with Crippen molar-refractivity contribution in [3.05, 3.63) is 65.7 Å². The summed E-state index contributed by atoms with van der Waals surface area (Å²) >= 11 is 1.37. The number of hydrogen-bond acceptors (Lipinski definition) is 2. The van der Waals surface area contributed by atoms with Crippen molar-refractivity contribution in [1.29, 1.82) is 5.41 Å². The third kappa shape index (κ3) is 3.81. The van der Waals surface area contributed by atoms with Crippen LogP contribution in [0.2, 0.25) is 0 Å². The first-order valence-corrected chi connectivity index (χ1v) is 6.94. The summed E-state index contributed by atoms with van der Waals surface area (Å²) in [6, 6.07) is 13.3. The molecule has 2 aromatic carbocycles. The first-order chi connectivity index (χ1) is 9.56. The van der Waals surface area contributed by atoms with Crippen LogP contribution in [0.5, 0.6) is 0 Å². The number of rotatable bonds is 5. The number of nitrogens with one attached hydrogen (secondary N) is 1. The van der Waals surface area contributed by atoms with Gasteiger partial charge >= 0.3 is 0 Å². The molecule has 2 nitrogen and oxygen atoms in total. The first-order valence-electron chi connectivity index (χ1n) is 6.06. The molecule has 2 aromatic rings. The Hall–Kier alpha value is -1.88. The Bertz CT molecular complexity index is 602. The Morgan fingerprint density at radius 1 is 1.10 bits per heavy atom. The van der Waals surface area contributed by atoms with Crippen molar-refractivity contribution in [3.63, 3.8) is 0 Å². The fraction of sp³-hybridized carbons (Fsp3) is 0.133. The summed E-state index contributed by atoms with van der Waals surface area (Å²) in [6.45, 7) is 0. The maximum absolute atomic E-state index is 13.2. The zero-order chi connectivity index (χ0) is 14.5. The van der Waals surface area contributed by atoms with Gasteiger partial charge in [-0.25, -0.2) is 8.78 Å². The van der Waals surface area contributed by atoms with Gasteiger partial charge in [-0.2, -0.15) is 0 Å². The third-order valence-electron chi connectivity index (χ3n) is 2.75.